The molecule has 2 rings (SSSR count). The van der Waals surface area contributed by atoms with E-state index in [1.54, 1.807) is 13.3 Å². The van der Waals surface area contributed by atoms with Crippen LogP contribution < -0.4 is 20.3 Å². The van der Waals surface area contributed by atoms with Crippen molar-refractivity contribution in [3.05, 3.63) is 29.6 Å². The summed E-state index contributed by atoms with van der Waals surface area (Å²) in [5.41, 5.74) is 0.538. The van der Waals surface area contributed by atoms with E-state index < -0.39 is 21.6 Å². The van der Waals surface area contributed by atoms with Crippen LogP contribution in [0.3, 0.4) is 0 Å². The largest absolute Gasteiger partial charge is 0.383 e. The molecule has 0 aliphatic heterocycles. The number of amides is 1. The summed E-state index contributed by atoms with van der Waals surface area (Å²) in [5, 5.41) is 14.6. The van der Waals surface area contributed by atoms with Gasteiger partial charge in [0.05, 0.1) is 12.9 Å². The van der Waals surface area contributed by atoms with Gasteiger partial charge in [-0.25, -0.2) is 23.1 Å². The van der Waals surface area contributed by atoms with E-state index in [1.807, 2.05) is 56.4 Å². The van der Waals surface area contributed by atoms with Crippen LogP contribution in [0.5, 0.6) is 0 Å². The highest BCUT2D eigenvalue weighted by Crippen LogP contribution is 2.29. The zero-order chi connectivity index (χ0) is 26.6. The molecule has 1 amide bonds. The Morgan fingerprint density at radius 3 is 2.40 bits per heavy atom. The van der Waals surface area contributed by atoms with Crippen LogP contribution in [0.15, 0.2) is 18.3 Å². The Kier molecular flexibility index (Phi) is 12.0. The molecule has 12 nitrogen and oxygen atoms in total. The van der Waals surface area contributed by atoms with Crippen molar-refractivity contribution in [1.82, 2.24) is 19.7 Å². The number of carbonyl (C=O) groups excluding carboxylic acids is 1. The molecule has 0 radical (unpaired) electrons. The van der Waals surface area contributed by atoms with Crippen LogP contribution in [-0.4, -0.2) is 74.6 Å². The molecule has 0 aliphatic rings. The Labute approximate surface area is 207 Å². The van der Waals surface area contributed by atoms with Gasteiger partial charge in [-0.1, -0.05) is 13.8 Å². The van der Waals surface area contributed by atoms with E-state index in [9.17, 15) is 13.2 Å². The monoisotopic (exact) mass is 508 g/mol. The second kappa shape index (κ2) is 14.2. The first-order valence-corrected chi connectivity index (χ1v) is 13.2. The van der Waals surface area contributed by atoms with Crippen LogP contribution in [-0.2, 0) is 19.6 Å². The maximum atomic E-state index is 12.5. The molecule has 0 aromatic carbocycles. The van der Waals surface area contributed by atoms with Crippen LogP contribution in [0.2, 0.25) is 0 Å². The molecule has 194 valence electrons. The lowest BCUT2D eigenvalue weighted by atomic mass is 10.2. The fourth-order valence-corrected chi connectivity index (χ4v) is 3.31. The average Bonchev–Trinajstić information content (AvgIpc) is 2.80. The molecule has 2 aromatic rings. The number of nitrogens with zero attached hydrogens (tertiary/aromatic N) is 4. The number of carbonyl (C=O) groups is 1. The number of hydrogen-bond donors (Lipinski definition) is 4. The molecule has 0 saturated heterocycles. The molecule has 0 atom stereocenters. The van der Waals surface area contributed by atoms with Crippen molar-refractivity contribution in [2.75, 3.05) is 55.1 Å². The zero-order valence-electron chi connectivity index (χ0n) is 21.4. The molecule has 0 fully saturated rings. The Hall–Kier alpha value is -3.32. The van der Waals surface area contributed by atoms with Gasteiger partial charge >= 0.3 is 0 Å². The van der Waals surface area contributed by atoms with E-state index in [1.165, 1.54) is 0 Å². The zero-order valence-corrected chi connectivity index (χ0v) is 22.2. The molecule has 2 heterocycles. The number of ether oxygens (including phenoxy) is 1. The van der Waals surface area contributed by atoms with Crippen LogP contribution in [0.25, 0.3) is 0 Å². The van der Waals surface area contributed by atoms with Gasteiger partial charge in [0.15, 0.2) is 5.82 Å². The van der Waals surface area contributed by atoms with E-state index in [0.717, 1.165) is 11.8 Å². The number of aromatic nitrogens is 3. The Morgan fingerprint density at radius 2 is 1.86 bits per heavy atom. The van der Waals surface area contributed by atoms with Crippen molar-refractivity contribution >= 4 is 44.9 Å². The Bertz CT molecular complexity index is 1100. The van der Waals surface area contributed by atoms with Crippen LogP contribution in [0.1, 0.15) is 39.0 Å². The first-order valence-electron chi connectivity index (χ1n) is 11.3. The summed E-state index contributed by atoms with van der Waals surface area (Å²) in [4.78, 5) is 27.7. The van der Waals surface area contributed by atoms with Crippen molar-refractivity contribution in [2.24, 2.45) is 0 Å². The molecule has 2 aromatic heterocycles. The van der Waals surface area contributed by atoms with Crippen LogP contribution >= 0.6 is 0 Å². The van der Waals surface area contributed by atoms with Gasteiger partial charge in [0.2, 0.25) is 16.0 Å². The predicted octanol–water partition coefficient (Wildman–Crippen LogP) is 2.30. The van der Waals surface area contributed by atoms with Crippen LogP contribution in [0, 0.1) is 12.3 Å². The fraction of sp³-hybridized carbons (Fsp3) is 0.500. The summed E-state index contributed by atoms with van der Waals surface area (Å²) >= 11 is 0. The highest BCUT2D eigenvalue weighted by molar-refractivity contribution is 7.89. The van der Waals surface area contributed by atoms with E-state index in [4.69, 9.17) is 10.1 Å². The lowest BCUT2D eigenvalue weighted by Gasteiger charge is -2.23. The summed E-state index contributed by atoms with van der Waals surface area (Å²) in [6.07, 6.45) is 2.48. The molecular weight excluding hydrogens is 472 g/mol. The van der Waals surface area contributed by atoms with Gasteiger partial charge < -0.3 is 20.3 Å². The normalized spacial score (nSPS) is 10.6. The highest BCUT2D eigenvalue weighted by atomic mass is 32.2. The predicted molar refractivity (Wildman–Crippen MR) is 139 cm³/mol. The molecule has 0 saturated carbocycles. The number of nitrogens with one attached hydrogen (secondary N) is 4. The van der Waals surface area contributed by atoms with Crippen molar-refractivity contribution in [3.63, 3.8) is 0 Å². The van der Waals surface area contributed by atoms with Gasteiger partial charge in [-0.2, -0.15) is 4.98 Å². The molecule has 0 aliphatic carbocycles. The summed E-state index contributed by atoms with van der Waals surface area (Å²) in [6, 6.07) is 3.67. The maximum Gasteiger partial charge on any atom is 0.284 e. The number of anilines is 4. The SMILES string of the molecule is CC.CCN(CC)c1nc(Nc2cc(C)ccn2)c(NCCOC)c(C(=N)C(=O)NS(C)(=O)=O)n1. The molecule has 35 heavy (non-hydrogen) atoms. The quantitative estimate of drug-likeness (QED) is 0.247. The van der Waals surface area contributed by atoms with E-state index >= 15 is 0 Å². The summed E-state index contributed by atoms with van der Waals surface area (Å²) < 4.78 is 30.0. The minimum atomic E-state index is -3.87. The van der Waals surface area contributed by atoms with Crippen LogP contribution in [0.4, 0.5) is 23.3 Å². The summed E-state index contributed by atoms with van der Waals surface area (Å²) in [6.45, 7) is 11.6. The van der Waals surface area contributed by atoms with Gasteiger partial charge in [-0.15, -0.1) is 0 Å². The van der Waals surface area contributed by atoms with Crippen molar-refractivity contribution < 1.29 is 17.9 Å². The van der Waals surface area contributed by atoms with E-state index in [0.29, 0.717) is 32.1 Å². The highest BCUT2D eigenvalue weighted by Gasteiger charge is 2.25. The molecule has 13 heteroatoms. The third-order valence-corrected chi connectivity index (χ3v) is 5.01. The number of pyridine rings is 1. The maximum absolute atomic E-state index is 12.5. The van der Waals surface area contributed by atoms with Gasteiger partial charge in [0.25, 0.3) is 5.91 Å². The van der Waals surface area contributed by atoms with Crippen molar-refractivity contribution in [2.45, 2.75) is 34.6 Å². The fourth-order valence-electron chi connectivity index (χ4n) is 2.87. The molecular formula is C22H36N8O4S. The number of hydrogen-bond acceptors (Lipinski definition) is 11. The van der Waals surface area contributed by atoms with Gasteiger partial charge in [-0.05, 0) is 38.5 Å². The molecule has 0 unspecified atom stereocenters. The standard InChI is InChI=1S/C20H30N8O4S.C2H6/c1-6-28(7-2)20-25-16(15(21)19(29)27-33(5,30)31)17(23-10-11-32-4)18(26-20)24-14-12-13(3)8-9-22-14;1-2/h8-9,12,21,23H,6-7,10-11H2,1-5H3,(H,27,29)(H,22,24,25,26);1-2H3. The smallest absolute Gasteiger partial charge is 0.284 e. The van der Waals surface area contributed by atoms with E-state index in [2.05, 4.69) is 25.6 Å². The van der Waals surface area contributed by atoms with Crippen molar-refractivity contribution in [1.29, 1.82) is 5.41 Å². The topological polar surface area (TPSA) is 162 Å². The van der Waals surface area contributed by atoms with Crippen molar-refractivity contribution in [3.8, 4) is 0 Å². The van der Waals surface area contributed by atoms with Gasteiger partial charge in [0.1, 0.15) is 22.9 Å². The summed E-state index contributed by atoms with van der Waals surface area (Å²) in [5.74, 6) is -0.0319. The summed E-state index contributed by atoms with van der Waals surface area (Å²) in [7, 11) is -2.33. The second-order valence-corrected chi connectivity index (χ2v) is 8.86. The molecule has 4 N–H and O–H groups in total. The molecule has 0 bridgehead atoms. The van der Waals surface area contributed by atoms with Gasteiger partial charge in [-0.3, -0.25) is 10.2 Å². The van der Waals surface area contributed by atoms with Gasteiger partial charge in [0, 0.05) is 32.9 Å². The molecule has 0 spiro atoms. The average molecular weight is 509 g/mol. The lowest BCUT2D eigenvalue weighted by Crippen LogP contribution is -2.36. The number of aryl methyl sites for hydroxylation is 1. The third kappa shape index (κ3) is 9.09. The third-order valence-electron chi connectivity index (χ3n) is 4.46. The number of rotatable bonds is 12. The van der Waals surface area contributed by atoms with E-state index in [-0.39, 0.29) is 23.1 Å². The minimum Gasteiger partial charge on any atom is -0.383 e. The second-order valence-electron chi connectivity index (χ2n) is 7.11. The first-order chi connectivity index (χ1) is 16.6. The Morgan fingerprint density at radius 1 is 1.20 bits per heavy atom. The minimum absolute atomic E-state index is 0.0562. The number of sulfonamides is 1. The Balaban J connectivity index is 0.00000298. The number of methoxy groups -OCH3 is 1. The lowest BCUT2D eigenvalue weighted by molar-refractivity contribution is -0.113. The first kappa shape index (κ1) is 29.7.